The molecular weight excluding hydrogens is 372 g/mol. The van der Waals surface area contributed by atoms with E-state index in [1.54, 1.807) is 0 Å². The molecule has 0 aliphatic carbocycles. The minimum Gasteiger partial charge on any atom is -0.350 e. The number of benzene rings is 3. The van der Waals surface area contributed by atoms with E-state index in [2.05, 4.69) is 5.32 Å². The van der Waals surface area contributed by atoms with Crippen molar-refractivity contribution in [1.82, 2.24) is 5.32 Å². The Morgan fingerprint density at radius 2 is 1.57 bits per heavy atom. The van der Waals surface area contributed by atoms with Crippen LogP contribution in [0.4, 0.5) is 5.69 Å². The first-order chi connectivity index (χ1) is 13.3. The number of fused-ring (bicyclic) bond motifs is 1. The normalized spacial score (nSPS) is 11.4. The van der Waals surface area contributed by atoms with Crippen molar-refractivity contribution in [2.75, 3.05) is 17.1 Å². The van der Waals surface area contributed by atoms with Crippen molar-refractivity contribution in [2.45, 2.75) is 20.4 Å². The Bertz CT molecular complexity index is 1100. The lowest BCUT2D eigenvalue weighted by Crippen LogP contribution is -2.40. The first-order valence-electron chi connectivity index (χ1n) is 9.04. The lowest BCUT2D eigenvalue weighted by atomic mass is 10.1. The summed E-state index contributed by atoms with van der Waals surface area (Å²) in [7, 11) is -3.60. The zero-order chi connectivity index (χ0) is 20.3. The van der Waals surface area contributed by atoms with E-state index < -0.39 is 10.0 Å². The SMILES string of the molecule is Cc1cccc(C)c1N(CC(=O)NCc1ccc2ccccc2c1)S(C)(=O)=O. The summed E-state index contributed by atoms with van der Waals surface area (Å²) in [5.74, 6) is -0.346. The van der Waals surface area contributed by atoms with Crippen molar-refractivity contribution in [3.8, 4) is 0 Å². The molecule has 3 aromatic rings. The van der Waals surface area contributed by atoms with Gasteiger partial charge in [0.15, 0.2) is 0 Å². The van der Waals surface area contributed by atoms with Crippen LogP contribution in [0, 0.1) is 13.8 Å². The maximum Gasteiger partial charge on any atom is 0.241 e. The van der Waals surface area contributed by atoms with Crippen LogP contribution in [0.25, 0.3) is 10.8 Å². The van der Waals surface area contributed by atoms with Crippen LogP contribution in [-0.4, -0.2) is 27.1 Å². The summed E-state index contributed by atoms with van der Waals surface area (Å²) < 4.78 is 25.9. The second-order valence-corrected chi connectivity index (χ2v) is 8.88. The molecule has 1 amide bonds. The molecule has 0 unspecified atom stereocenters. The molecule has 0 radical (unpaired) electrons. The summed E-state index contributed by atoms with van der Waals surface area (Å²) in [5, 5.41) is 5.06. The van der Waals surface area contributed by atoms with Gasteiger partial charge in [0.25, 0.3) is 0 Å². The predicted molar refractivity (Wildman–Crippen MR) is 114 cm³/mol. The standard InChI is InChI=1S/C22H24N2O3S/c1-16-7-6-8-17(2)22(16)24(28(3,26)27)15-21(25)23-14-18-11-12-19-9-4-5-10-20(19)13-18/h4-13H,14-15H2,1-3H3,(H,23,25). The van der Waals surface area contributed by atoms with Crippen LogP contribution >= 0.6 is 0 Å². The van der Waals surface area contributed by atoms with Crippen LogP contribution in [0.5, 0.6) is 0 Å². The Morgan fingerprint density at radius 3 is 2.21 bits per heavy atom. The number of carbonyl (C=O) groups is 1. The van der Waals surface area contributed by atoms with Gasteiger partial charge in [-0.15, -0.1) is 0 Å². The molecule has 3 rings (SSSR count). The van der Waals surface area contributed by atoms with Crippen LogP contribution in [0.15, 0.2) is 60.7 Å². The Hall–Kier alpha value is -2.86. The van der Waals surface area contributed by atoms with Crippen LogP contribution < -0.4 is 9.62 Å². The molecular formula is C22H24N2O3S. The van der Waals surface area contributed by atoms with Gasteiger partial charge >= 0.3 is 0 Å². The molecule has 0 spiro atoms. The van der Waals surface area contributed by atoms with Crippen molar-refractivity contribution in [3.05, 3.63) is 77.4 Å². The van der Waals surface area contributed by atoms with Gasteiger partial charge in [0.05, 0.1) is 11.9 Å². The lowest BCUT2D eigenvalue weighted by Gasteiger charge is -2.25. The second kappa shape index (κ2) is 8.02. The van der Waals surface area contributed by atoms with E-state index in [0.717, 1.165) is 33.7 Å². The van der Waals surface area contributed by atoms with Crippen molar-refractivity contribution in [2.24, 2.45) is 0 Å². The average molecular weight is 397 g/mol. The molecule has 0 fully saturated rings. The monoisotopic (exact) mass is 396 g/mol. The van der Waals surface area contributed by atoms with Gasteiger partial charge in [0, 0.05) is 6.54 Å². The molecule has 0 aromatic heterocycles. The summed E-state index contributed by atoms with van der Waals surface area (Å²) in [4.78, 5) is 12.5. The smallest absolute Gasteiger partial charge is 0.241 e. The fraction of sp³-hybridized carbons (Fsp3) is 0.227. The zero-order valence-electron chi connectivity index (χ0n) is 16.3. The minimum atomic E-state index is -3.60. The largest absolute Gasteiger partial charge is 0.350 e. The third-order valence-corrected chi connectivity index (χ3v) is 5.79. The van der Waals surface area contributed by atoms with Gasteiger partial charge < -0.3 is 5.32 Å². The second-order valence-electron chi connectivity index (χ2n) is 6.97. The fourth-order valence-electron chi connectivity index (χ4n) is 3.30. The quantitative estimate of drug-likeness (QED) is 0.693. The molecule has 0 atom stereocenters. The molecule has 0 heterocycles. The Balaban J connectivity index is 1.75. The average Bonchev–Trinajstić information content (AvgIpc) is 2.64. The van der Waals surface area contributed by atoms with Gasteiger partial charge in [-0.1, -0.05) is 54.6 Å². The Labute approximate surface area is 166 Å². The molecule has 28 heavy (non-hydrogen) atoms. The van der Waals surface area contributed by atoms with E-state index in [-0.39, 0.29) is 12.5 Å². The molecule has 0 aliphatic rings. The number of aryl methyl sites for hydroxylation is 2. The number of para-hydroxylation sites is 1. The van der Waals surface area contributed by atoms with Gasteiger partial charge in [-0.3, -0.25) is 9.10 Å². The zero-order valence-corrected chi connectivity index (χ0v) is 17.1. The van der Waals surface area contributed by atoms with Gasteiger partial charge in [-0.25, -0.2) is 8.42 Å². The highest BCUT2D eigenvalue weighted by molar-refractivity contribution is 7.92. The Morgan fingerprint density at radius 1 is 0.929 bits per heavy atom. The van der Waals surface area contributed by atoms with Crippen molar-refractivity contribution >= 4 is 32.4 Å². The number of hydrogen-bond acceptors (Lipinski definition) is 3. The summed E-state index contributed by atoms with van der Waals surface area (Å²) in [6.07, 6.45) is 1.12. The maximum atomic E-state index is 12.5. The first kappa shape index (κ1) is 19.9. The third-order valence-electron chi connectivity index (χ3n) is 4.68. The van der Waals surface area contributed by atoms with E-state index in [4.69, 9.17) is 0 Å². The van der Waals surface area contributed by atoms with Gasteiger partial charge in [0.1, 0.15) is 6.54 Å². The molecule has 1 N–H and O–H groups in total. The van der Waals surface area contributed by atoms with Gasteiger partial charge in [-0.05, 0) is 47.4 Å². The van der Waals surface area contributed by atoms with Crippen molar-refractivity contribution in [1.29, 1.82) is 0 Å². The third kappa shape index (κ3) is 4.51. The van der Waals surface area contributed by atoms with E-state index in [1.165, 1.54) is 4.31 Å². The number of rotatable bonds is 6. The van der Waals surface area contributed by atoms with E-state index in [9.17, 15) is 13.2 Å². The summed E-state index contributed by atoms with van der Waals surface area (Å²) >= 11 is 0. The van der Waals surface area contributed by atoms with E-state index in [0.29, 0.717) is 12.2 Å². The minimum absolute atomic E-state index is 0.252. The molecule has 0 bridgehead atoms. The highest BCUT2D eigenvalue weighted by Gasteiger charge is 2.23. The summed E-state index contributed by atoms with van der Waals surface area (Å²) in [6, 6.07) is 19.6. The fourth-order valence-corrected chi connectivity index (χ4v) is 4.27. The van der Waals surface area contributed by atoms with E-state index in [1.807, 2.05) is 74.5 Å². The number of nitrogens with one attached hydrogen (secondary N) is 1. The molecule has 0 saturated heterocycles. The number of amides is 1. The first-order valence-corrected chi connectivity index (χ1v) is 10.9. The van der Waals surface area contributed by atoms with Crippen molar-refractivity contribution in [3.63, 3.8) is 0 Å². The molecule has 0 saturated carbocycles. The molecule has 146 valence electrons. The highest BCUT2D eigenvalue weighted by Crippen LogP contribution is 2.26. The molecule has 6 heteroatoms. The van der Waals surface area contributed by atoms with Gasteiger partial charge in [-0.2, -0.15) is 0 Å². The summed E-state index contributed by atoms with van der Waals surface area (Å²) in [6.45, 7) is 3.77. The summed E-state index contributed by atoms with van der Waals surface area (Å²) in [5.41, 5.74) is 3.15. The number of hydrogen-bond donors (Lipinski definition) is 1. The predicted octanol–water partition coefficient (Wildman–Crippen LogP) is 3.54. The maximum absolute atomic E-state index is 12.5. The van der Waals surface area contributed by atoms with Crippen molar-refractivity contribution < 1.29 is 13.2 Å². The lowest BCUT2D eigenvalue weighted by molar-refractivity contribution is -0.119. The van der Waals surface area contributed by atoms with Gasteiger partial charge in [0.2, 0.25) is 15.9 Å². The Kier molecular flexibility index (Phi) is 5.70. The van der Waals surface area contributed by atoms with Crippen LogP contribution in [0.2, 0.25) is 0 Å². The number of nitrogens with zero attached hydrogens (tertiary/aromatic N) is 1. The molecule has 3 aromatic carbocycles. The van der Waals surface area contributed by atoms with Crippen LogP contribution in [0.1, 0.15) is 16.7 Å². The van der Waals surface area contributed by atoms with E-state index >= 15 is 0 Å². The number of anilines is 1. The topological polar surface area (TPSA) is 66.5 Å². The number of carbonyl (C=O) groups excluding carboxylic acids is 1. The molecule has 0 aliphatic heterocycles. The van der Waals surface area contributed by atoms with Crippen LogP contribution in [0.3, 0.4) is 0 Å². The van der Waals surface area contributed by atoms with Crippen LogP contribution in [-0.2, 0) is 21.4 Å². The molecule has 5 nitrogen and oxygen atoms in total. The number of sulfonamides is 1. The highest BCUT2D eigenvalue weighted by atomic mass is 32.2.